The van der Waals surface area contributed by atoms with E-state index in [1.165, 1.54) is 18.2 Å². The largest absolute Gasteiger partial charge is 0.478 e. The molecule has 0 spiro atoms. The third-order valence-electron chi connectivity index (χ3n) is 2.89. The van der Waals surface area contributed by atoms with Gasteiger partial charge in [0.05, 0.1) is 5.56 Å². The number of carboxylic acid groups (broad SMARTS) is 1. The molecule has 0 radical (unpaired) electrons. The van der Waals surface area contributed by atoms with Crippen molar-refractivity contribution in [2.24, 2.45) is 0 Å². The zero-order valence-corrected chi connectivity index (χ0v) is 9.98. The van der Waals surface area contributed by atoms with Gasteiger partial charge in [-0.05, 0) is 35.7 Å². The van der Waals surface area contributed by atoms with Crippen LogP contribution in [0.25, 0.3) is 11.1 Å². The standard InChI is InChI=1S/C15H13FO2/c1-2-10-3-5-11(6-4-10)13-9-12(15(17)18)7-8-14(13)16/h3-9H,2H2,1H3,(H,17,18). The highest BCUT2D eigenvalue weighted by molar-refractivity contribution is 5.89. The maximum absolute atomic E-state index is 13.7. The van der Waals surface area contributed by atoms with Crippen molar-refractivity contribution >= 4 is 5.97 Å². The van der Waals surface area contributed by atoms with Gasteiger partial charge in [-0.3, -0.25) is 0 Å². The van der Waals surface area contributed by atoms with Gasteiger partial charge in [-0.25, -0.2) is 9.18 Å². The maximum Gasteiger partial charge on any atom is 0.335 e. The molecule has 0 atom stereocenters. The second-order valence-electron chi connectivity index (χ2n) is 4.05. The number of aryl methyl sites for hydroxylation is 1. The van der Waals surface area contributed by atoms with Crippen molar-refractivity contribution in [3.8, 4) is 11.1 Å². The quantitative estimate of drug-likeness (QED) is 0.892. The lowest BCUT2D eigenvalue weighted by Gasteiger charge is -2.06. The van der Waals surface area contributed by atoms with Crippen molar-refractivity contribution in [1.82, 2.24) is 0 Å². The smallest absolute Gasteiger partial charge is 0.335 e. The van der Waals surface area contributed by atoms with Crippen molar-refractivity contribution in [3.05, 3.63) is 59.4 Å². The van der Waals surface area contributed by atoms with E-state index in [-0.39, 0.29) is 5.56 Å². The van der Waals surface area contributed by atoms with Crippen LogP contribution in [0.2, 0.25) is 0 Å². The Morgan fingerprint density at radius 2 is 1.83 bits per heavy atom. The fourth-order valence-electron chi connectivity index (χ4n) is 1.80. The van der Waals surface area contributed by atoms with Crippen LogP contribution in [0.5, 0.6) is 0 Å². The van der Waals surface area contributed by atoms with Crippen LogP contribution in [-0.2, 0) is 6.42 Å². The van der Waals surface area contributed by atoms with Gasteiger partial charge < -0.3 is 5.11 Å². The molecule has 18 heavy (non-hydrogen) atoms. The lowest BCUT2D eigenvalue weighted by atomic mass is 10.0. The van der Waals surface area contributed by atoms with E-state index in [2.05, 4.69) is 0 Å². The van der Waals surface area contributed by atoms with E-state index >= 15 is 0 Å². The summed E-state index contributed by atoms with van der Waals surface area (Å²) in [6, 6.07) is 11.3. The molecule has 0 amide bonds. The van der Waals surface area contributed by atoms with Gasteiger partial charge in [-0.2, -0.15) is 0 Å². The number of hydrogen-bond donors (Lipinski definition) is 1. The zero-order valence-electron chi connectivity index (χ0n) is 9.98. The Morgan fingerprint density at radius 1 is 1.17 bits per heavy atom. The van der Waals surface area contributed by atoms with E-state index in [0.717, 1.165) is 12.0 Å². The molecular formula is C15H13FO2. The summed E-state index contributed by atoms with van der Waals surface area (Å²) < 4.78 is 13.7. The van der Waals surface area contributed by atoms with Crippen LogP contribution < -0.4 is 0 Å². The molecule has 0 saturated carbocycles. The zero-order chi connectivity index (χ0) is 13.1. The molecule has 3 heteroatoms. The van der Waals surface area contributed by atoms with Crippen molar-refractivity contribution in [1.29, 1.82) is 0 Å². The Bertz CT molecular complexity index is 574. The summed E-state index contributed by atoms with van der Waals surface area (Å²) in [5, 5.41) is 8.91. The average Bonchev–Trinajstić information content (AvgIpc) is 2.39. The van der Waals surface area contributed by atoms with Crippen LogP contribution in [-0.4, -0.2) is 11.1 Å². The predicted molar refractivity (Wildman–Crippen MR) is 68.2 cm³/mol. The van der Waals surface area contributed by atoms with Crippen LogP contribution in [0.4, 0.5) is 4.39 Å². The minimum atomic E-state index is -1.05. The van der Waals surface area contributed by atoms with Gasteiger partial charge in [0.2, 0.25) is 0 Å². The molecule has 2 aromatic rings. The van der Waals surface area contributed by atoms with Gasteiger partial charge in [-0.1, -0.05) is 31.2 Å². The summed E-state index contributed by atoms with van der Waals surface area (Å²) in [4.78, 5) is 10.9. The number of aromatic carboxylic acids is 1. The van der Waals surface area contributed by atoms with E-state index in [1.807, 2.05) is 31.2 Å². The van der Waals surface area contributed by atoms with E-state index < -0.39 is 11.8 Å². The summed E-state index contributed by atoms with van der Waals surface area (Å²) >= 11 is 0. The second-order valence-corrected chi connectivity index (χ2v) is 4.05. The molecule has 92 valence electrons. The first-order chi connectivity index (χ1) is 8.61. The lowest BCUT2D eigenvalue weighted by molar-refractivity contribution is 0.0697. The topological polar surface area (TPSA) is 37.3 Å². The third-order valence-corrected chi connectivity index (χ3v) is 2.89. The Hall–Kier alpha value is -2.16. The van der Waals surface area contributed by atoms with Crippen molar-refractivity contribution in [2.45, 2.75) is 13.3 Å². The summed E-state index contributed by atoms with van der Waals surface area (Å²) in [7, 11) is 0. The van der Waals surface area contributed by atoms with Crippen LogP contribution >= 0.6 is 0 Å². The molecule has 2 rings (SSSR count). The maximum atomic E-state index is 13.7. The van der Waals surface area contributed by atoms with Crippen molar-refractivity contribution in [3.63, 3.8) is 0 Å². The van der Waals surface area contributed by atoms with E-state index in [9.17, 15) is 9.18 Å². The van der Waals surface area contributed by atoms with Gasteiger partial charge in [-0.15, -0.1) is 0 Å². The highest BCUT2D eigenvalue weighted by Crippen LogP contribution is 2.24. The third kappa shape index (κ3) is 2.40. The van der Waals surface area contributed by atoms with Crippen LogP contribution in [0, 0.1) is 5.82 Å². The van der Waals surface area contributed by atoms with Gasteiger partial charge in [0.15, 0.2) is 0 Å². The minimum Gasteiger partial charge on any atom is -0.478 e. The summed E-state index contributed by atoms with van der Waals surface area (Å²) in [6.07, 6.45) is 0.915. The van der Waals surface area contributed by atoms with Crippen LogP contribution in [0.3, 0.4) is 0 Å². The van der Waals surface area contributed by atoms with Crippen LogP contribution in [0.15, 0.2) is 42.5 Å². The minimum absolute atomic E-state index is 0.0889. The van der Waals surface area contributed by atoms with Gasteiger partial charge in [0.25, 0.3) is 0 Å². The van der Waals surface area contributed by atoms with Crippen molar-refractivity contribution < 1.29 is 14.3 Å². The lowest BCUT2D eigenvalue weighted by Crippen LogP contribution is -1.97. The number of hydrogen-bond acceptors (Lipinski definition) is 1. The highest BCUT2D eigenvalue weighted by atomic mass is 19.1. The Labute approximate surface area is 105 Å². The van der Waals surface area contributed by atoms with Crippen LogP contribution in [0.1, 0.15) is 22.8 Å². The van der Waals surface area contributed by atoms with Gasteiger partial charge >= 0.3 is 5.97 Å². The molecule has 2 nitrogen and oxygen atoms in total. The molecule has 0 unspecified atom stereocenters. The number of rotatable bonds is 3. The number of carboxylic acids is 1. The average molecular weight is 244 g/mol. The Kier molecular flexibility index (Phi) is 3.42. The molecule has 0 saturated heterocycles. The van der Waals surface area contributed by atoms with Crippen molar-refractivity contribution in [2.75, 3.05) is 0 Å². The summed E-state index contributed by atoms with van der Waals surface area (Å²) in [6.45, 7) is 2.04. The number of halogens is 1. The summed E-state index contributed by atoms with van der Waals surface area (Å²) in [5.74, 6) is -1.47. The highest BCUT2D eigenvalue weighted by Gasteiger charge is 2.09. The SMILES string of the molecule is CCc1ccc(-c2cc(C(=O)O)ccc2F)cc1. The number of benzene rings is 2. The normalized spacial score (nSPS) is 10.3. The monoisotopic (exact) mass is 244 g/mol. The van der Waals surface area contributed by atoms with Gasteiger partial charge in [0, 0.05) is 5.56 Å². The summed E-state index contributed by atoms with van der Waals surface area (Å²) in [5.41, 5.74) is 2.25. The molecule has 0 aliphatic rings. The second kappa shape index (κ2) is 5.00. The first kappa shape index (κ1) is 12.3. The first-order valence-electron chi connectivity index (χ1n) is 5.74. The molecular weight excluding hydrogens is 231 g/mol. The first-order valence-corrected chi connectivity index (χ1v) is 5.74. The molecule has 0 bridgehead atoms. The Balaban J connectivity index is 2.48. The van der Waals surface area contributed by atoms with E-state index in [4.69, 9.17) is 5.11 Å². The fraction of sp³-hybridized carbons (Fsp3) is 0.133. The molecule has 0 aromatic heterocycles. The number of carbonyl (C=O) groups is 1. The van der Waals surface area contributed by atoms with E-state index in [0.29, 0.717) is 11.1 Å². The van der Waals surface area contributed by atoms with Gasteiger partial charge in [0.1, 0.15) is 5.82 Å². The molecule has 0 heterocycles. The molecule has 0 aliphatic heterocycles. The fourth-order valence-corrected chi connectivity index (χ4v) is 1.80. The molecule has 0 fully saturated rings. The molecule has 2 aromatic carbocycles. The Morgan fingerprint density at radius 3 is 2.39 bits per heavy atom. The van der Waals surface area contributed by atoms with E-state index in [1.54, 1.807) is 0 Å². The molecule has 0 aliphatic carbocycles. The predicted octanol–water partition coefficient (Wildman–Crippen LogP) is 3.75. The molecule has 1 N–H and O–H groups in total.